The van der Waals surface area contributed by atoms with Crippen molar-refractivity contribution in [1.82, 2.24) is 14.8 Å². The van der Waals surface area contributed by atoms with Crippen LogP contribution in [-0.2, 0) is 0 Å². The van der Waals surface area contributed by atoms with Crippen LogP contribution >= 0.6 is 0 Å². The fraction of sp³-hybridized carbons (Fsp3) is 0.750. The van der Waals surface area contributed by atoms with Crippen molar-refractivity contribution in [2.45, 2.75) is 25.8 Å². The van der Waals surface area contributed by atoms with E-state index in [0.29, 0.717) is 23.9 Å². The van der Waals surface area contributed by atoms with Crippen LogP contribution < -0.4 is 10.5 Å². The van der Waals surface area contributed by atoms with Crippen molar-refractivity contribution in [3.63, 3.8) is 0 Å². The Labute approximate surface area is 76.9 Å². The van der Waals surface area contributed by atoms with Crippen molar-refractivity contribution in [1.29, 1.82) is 0 Å². The molecule has 1 fully saturated rings. The van der Waals surface area contributed by atoms with Gasteiger partial charge in [0.1, 0.15) is 0 Å². The highest BCUT2D eigenvalue weighted by atomic mass is 16.5. The molecule has 1 aliphatic carbocycles. The van der Waals surface area contributed by atoms with Crippen LogP contribution in [0, 0.1) is 5.92 Å². The summed E-state index contributed by atoms with van der Waals surface area (Å²) in [6.07, 6.45) is 2.53. The number of hydrogen-bond donors (Lipinski definition) is 1. The Morgan fingerprint density at radius 1 is 1.62 bits per heavy atom. The van der Waals surface area contributed by atoms with Crippen LogP contribution in [0.5, 0.6) is 6.01 Å². The minimum atomic E-state index is 0.344. The number of nitrogens with zero attached hydrogens (tertiary/aromatic N) is 3. The van der Waals surface area contributed by atoms with Crippen LogP contribution in [0.25, 0.3) is 0 Å². The summed E-state index contributed by atoms with van der Waals surface area (Å²) in [7, 11) is 1.54. The summed E-state index contributed by atoms with van der Waals surface area (Å²) in [5, 5.41) is 4.15. The van der Waals surface area contributed by atoms with Crippen molar-refractivity contribution in [2.24, 2.45) is 5.92 Å². The molecule has 0 radical (unpaired) electrons. The maximum absolute atomic E-state index is 5.69. The normalized spacial score (nSPS) is 18.6. The zero-order valence-corrected chi connectivity index (χ0v) is 7.90. The second kappa shape index (κ2) is 2.90. The van der Waals surface area contributed by atoms with E-state index in [1.54, 1.807) is 11.8 Å². The first kappa shape index (κ1) is 8.34. The molecule has 0 saturated heterocycles. The van der Waals surface area contributed by atoms with Gasteiger partial charge < -0.3 is 10.5 Å². The molecule has 1 aliphatic rings. The van der Waals surface area contributed by atoms with Gasteiger partial charge >= 0.3 is 6.01 Å². The maximum Gasteiger partial charge on any atom is 0.337 e. The molecule has 2 N–H and O–H groups in total. The lowest BCUT2D eigenvalue weighted by Gasteiger charge is -2.10. The fourth-order valence-corrected chi connectivity index (χ4v) is 1.48. The van der Waals surface area contributed by atoms with E-state index in [1.807, 2.05) is 0 Å². The van der Waals surface area contributed by atoms with Gasteiger partial charge in [-0.15, -0.1) is 5.10 Å². The van der Waals surface area contributed by atoms with Crippen molar-refractivity contribution >= 4 is 5.95 Å². The van der Waals surface area contributed by atoms with Crippen LogP contribution in [0.15, 0.2) is 0 Å². The van der Waals surface area contributed by atoms with Gasteiger partial charge in [0.2, 0.25) is 5.95 Å². The second-order valence-corrected chi connectivity index (χ2v) is 3.48. The largest absolute Gasteiger partial charge is 0.466 e. The summed E-state index contributed by atoms with van der Waals surface area (Å²) >= 11 is 0. The summed E-state index contributed by atoms with van der Waals surface area (Å²) in [4.78, 5) is 3.97. The molecule has 0 bridgehead atoms. The molecule has 13 heavy (non-hydrogen) atoms. The van der Waals surface area contributed by atoms with Gasteiger partial charge in [-0.25, -0.2) is 4.68 Å². The molecule has 0 aliphatic heterocycles. The summed E-state index contributed by atoms with van der Waals surface area (Å²) in [5.41, 5.74) is 5.69. The Morgan fingerprint density at radius 2 is 2.31 bits per heavy atom. The molecule has 1 atom stereocenters. The molecule has 5 heteroatoms. The predicted molar refractivity (Wildman–Crippen MR) is 48.4 cm³/mol. The zero-order chi connectivity index (χ0) is 9.42. The van der Waals surface area contributed by atoms with E-state index < -0.39 is 0 Å². The van der Waals surface area contributed by atoms with Gasteiger partial charge in [0.15, 0.2) is 0 Å². The SMILES string of the molecule is COc1nc(N)n(C(C)C2CC2)n1. The smallest absolute Gasteiger partial charge is 0.337 e. The van der Waals surface area contributed by atoms with Gasteiger partial charge in [-0.3, -0.25) is 0 Å². The molecule has 1 saturated carbocycles. The number of anilines is 1. The summed E-state index contributed by atoms with van der Waals surface area (Å²) in [5.74, 6) is 1.16. The fourth-order valence-electron chi connectivity index (χ4n) is 1.48. The quantitative estimate of drug-likeness (QED) is 0.752. The maximum atomic E-state index is 5.69. The molecule has 1 heterocycles. The Morgan fingerprint density at radius 3 is 2.77 bits per heavy atom. The highest BCUT2D eigenvalue weighted by Crippen LogP contribution is 2.39. The number of methoxy groups -OCH3 is 1. The third-order valence-corrected chi connectivity index (χ3v) is 2.51. The Hall–Kier alpha value is -1.26. The van der Waals surface area contributed by atoms with E-state index in [2.05, 4.69) is 17.0 Å². The number of rotatable bonds is 3. The molecule has 72 valence electrons. The third-order valence-electron chi connectivity index (χ3n) is 2.51. The highest BCUT2D eigenvalue weighted by molar-refractivity contribution is 5.19. The lowest BCUT2D eigenvalue weighted by atomic mass is 10.2. The van der Waals surface area contributed by atoms with E-state index in [4.69, 9.17) is 10.5 Å². The first-order valence-corrected chi connectivity index (χ1v) is 4.48. The molecule has 2 rings (SSSR count). The lowest BCUT2D eigenvalue weighted by molar-refractivity contribution is 0.363. The van der Waals surface area contributed by atoms with Crippen LogP contribution in [0.2, 0.25) is 0 Å². The lowest BCUT2D eigenvalue weighted by Crippen LogP contribution is -2.12. The third kappa shape index (κ3) is 1.46. The van der Waals surface area contributed by atoms with Crippen LogP contribution in [-0.4, -0.2) is 21.9 Å². The molecule has 1 aromatic rings. The van der Waals surface area contributed by atoms with Crippen LogP contribution in [0.3, 0.4) is 0 Å². The molecule has 0 aromatic carbocycles. The molecule has 1 unspecified atom stereocenters. The topological polar surface area (TPSA) is 66.0 Å². The Kier molecular flexibility index (Phi) is 1.86. The highest BCUT2D eigenvalue weighted by Gasteiger charge is 2.31. The van der Waals surface area contributed by atoms with E-state index in [-0.39, 0.29) is 0 Å². The minimum absolute atomic E-state index is 0.344. The van der Waals surface area contributed by atoms with E-state index in [9.17, 15) is 0 Å². The number of ether oxygens (including phenoxy) is 1. The first-order chi connectivity index (χ1) is 6.22. The standard InChI is InChI=1S/C8H14N4O/c1-5(6-3-4-6)12-7(9)10-8(11-12)13-2/h5-6H,3-4H2,1-2H3,(H2,9,10,11). The Bertz CT molecular complexity index is 305. The second-order valence-electron chi connectivity index (χ2n) is 3.48. The summed E-state index contributed by atoms with van der Waals surface area (Å²) in [6.45, 7) is 2.11. The average Bonchev–Trinajstić information content (AvgIpc) is 2.89. The molecule has 0 amide bonds. The summed E-state index contributed by atoms with van der Waals surface area (Å²) in [6, 6.07) is 0.696. The Balaban J connectivity index is 2.22. The molecule has 5 nitrogen and oxygen atoms in total. The molecule has 0 spiro atoms. The van der Waals surface area contributed by atoms with E-state index in [0.717, 1.165) is 0 Å². The van der Waals surface area contributed by atoms with E-state index in [1.165, 1.54) is 12.8 Å². The van der Waals surface area contributed by atoms with Gasteiger partial charge in [-0.2, -0.15) is 4.98 Å². The van der Waals surface area contributed by atoms with Crippen molar-refractivity contribution in [3.8, 4) is 6.01 Å². The number of hydrogen-bond acceptors (Lipinski definition) is 4. The zero-order valence-electron chi connectivity index (χ0n) is 7.90. The van der Waals surface area contributed by atoms with Gasteiger partial charge in [-0.05, 0) is 25.7 Å². The molecule has 1 aromatic heterocycles. The summed E-state index contributed by atoms with van der Waals surface area (Å²) < 4.78 is 6.65. The van der Waals surface area contributed by atoms with Crippen LogP contribution in [0.1, 0.15) is 25.8 Å². The predicted octanol–water partition coefficient (Wildman–Crippen LogP) is 0.840. The van der Waals surface area contributed by atoms with Crippen molar-refractivity contribution in [3.05, 3.63) is 0 Å². The van der Waals surface area contributed by atoms with Gasteiger partial charge in [0, 0.05) is 0 Å². The first-order valence-electron chi connectivity index (χ1n) is 4.48. The van der Waals surface area contributed by atoms with Gasteiger partial charge in [0.05, 0.1) is 13.2 Å². The minimum Gasteiger partial charge on any atom is -0.466 e. The number of nitrogen functional groups attached to an aromatic ring is 1. The van der Waals surface area contributed by atoms with Gasteiger partial charge in [0.25, 0.3) is 0 Å². The van der Waals surface area contributed by atoms with E-state index >= 15 is 0 Å². The van der Waals surface area contributed by atoms with Crippen molar-refractivity contribution in [2.75, 3.05) is 12.8 Å². The molecular weight excluding hydrogens is 168 g/mol. The molecular formula is C8H14N4O. The number of nitrogens with two attached hydrogens (primary N) is 1. The average molecular weight is 182 g/mol. The van der Waals surface area contributed by atoms with Crippen molar-refractivity contribution < 1.29 is 4.74 Å². The number of aromatic nitrogens is 3. The van der Waals surface area contributed by atoms with Crippen LogP contribution in [0.4, 0.5) is 5.95 Å². The monoisotopic (exact) mass is 182 g/mol. The van der Waals surface area contributed by atoms with Gasteiger partial charge in [-0.1, -0.05) is 0 Å².